The summed E-state index contributed by atoms with van der Waals surface area (Å²) >= 11 is 5.91. The van der Waals surface area contributed by atoms with Crippen LogP contribution in [-0.4, -0.2) is 43.8 Å². The topological polar surface area (TPSA) is 67.1 Å². The Morgan fingerprint density at radius 2 is 2.10 bits per heavy atom. The van der Waals surface area contributed by atoms with E-state index in [1.165, 1.54) is 0 Å². The number of halogens is 1. The van der Waals surface area contributed by atoms with Gasteiger partial charge >= 0.3 is 0 Å². The molecule has 0 radical (unpaired) electrons. The van der Waals surface area contributed by atoms with Crippen molar-refractivity contribution < 1.29 is 5.11 Å². The lowest BCUT2D eigenvalue weighted by Crippen LogP contribution is -2.47. The van der Waals surface area contributed by atoms with E-state index in [9.17, 15) is 5.11 Å². The molecule has 0 bridgehead atoms. The van der Waals surface area contributed by atoms with E-state index in [2.05, 4.69) is 20.2 Å². The van der Waals surface area contributed by atoms with Crippen molar-refractivity contribution in [3.8, 4) is 0 Å². The van der Waals surface area contributed by atoms with Gasteiger partial charge in [-0.15, -0.1) is 5.10 Å². The molecular formula is C13H16ClN5O. The van der Waals surface area contributed by atoms with Crippen LogP contribution in [0.2, 0.25) is 5.15 Å². The molecule has 1 fully saturated rings. The Kier molecular flexibility index (Phi) is 3.58. The summed E-state index contributed by atoms with van der Waals surface area (Å²) in [4.78, 5) is 6.20. The van der Waals surface area contributed by atoms with E-state index in [0.29, 0.717) is 24.5 Å². The Morgan fingerprint density at radius 3 is 2.75 bits per heavy atom. The summed E-state index contributed by atoms with van der Waals surface area (Å²) in [5.41, 5.74) is 0.328. The van der Waals surface area contributed by atoms with Gasteiger partial charge in [-0.1, -0.05) is 16.8 Å². The molecule has 20 heavy (non-hydrogen) atoms. The van der Waals surface area contributed by atoms with Crippen LogP contribution in [0.15, 0.2) is 30.7 Å². The third-order valence-corrected chi connectivity index (χ3v) is 3.90. The number of aromatic nitrogens is 4. The molecule has 0 aliphatic carbocycles. The average Bonchev–Trinajstić information content (AvgIpc) is 2.92. The highest BCUT2D eigenvalue weighted by Gasteiger charge is 2.33. The minimum Gasteiger partial charge on any atom is -0.388 e. The molecule has 7 heteroatoms. The van der Waals surface area contributed by atoms with Crippen molar-refractivity contribution in [2.45, 2.75) is 25.0 Å². The molecule has 1 aliphatic rings. The monoisotopic (exact) mass is 293 g/mol. The van der Waals surface area contributed by atoms with Crippen LogP contribution in [0, 0.1) is 0 Å². The number of nitrogens with zero attached hydrogens (tertiary/aromatic N) is 5. The van der Waals surface area contributed by atoms with E-state index in [0.717, 1.165) is 18.8 Å². The number of hydrogen-bond acceptors (Lipinski definition) is 5. The normalized spacial score (nSPS) is 18.2. The minimum absolute atomic E-state index is 0.484. The van der Waals surface area contributed by atoms with Gasteiger partial charge in [0, 0.05) is 31.2 Å². The van der Waals surface area contributed by atoms with Crippen molar-refractivity contribution in [3.63, 3.8) is 0 Å². The van der Waals surface area contributed by atoms with Crippen LogP contribution in [0.1, 0.15) is 12.8 Å². The van der Waals surface area contributed by atoms with Crippen molar-refractivity contribution in [1.82, 2.24) is 20.0 Å². The summed E-state index contributed by atoms with van der Waals surface area (Å²) in [6, 6.07) is 3.79. The summed E-state index contributed by atoms with van der Waals surface area (Å²) in [7, 11) is 0. The van der Waals surface area contributed by atoms with Crippen molar-refractivity contribution in [3.05, 3.63) is 35.9 Å². The zero-order valence-corrected chi connectivity index (χ0v) is 11.7. The Morgan fingerprint density at radius 1 is 1.30 bits per heavy atom. The van der Waals surface area contributed by atoms with Crippen LogP contribution < -0.4 is 4.90 Å². The number of aliphatic hydroxyl groups is 1. The highest BCUT2D eigenvalue weighted by atomic mass is 35.5. The van der Waals surface area contributed by atoms with E-state index in [4.69, 9.17) is 11.6 Å². The second-order valence-corrected chi connectivity index (χ2v) is 5.54. The first-order valence-corrected chi connectivity index (χ1v) is 6.95. The van der Waals surface area contributed by atoms with Crippen molar-refractivity contribution >= 4 is 17.3 Å². The fraction of sp³-hybridized carbons (Fsp3) is 0.462. The molecule has 106 valence electrons. The Labute approximate surface area is 122 Å². The fourth-order valence-electron chi connectivity index (χ4n) is 2.55. The van der Waals surface area contributed by atoms with Gasteiger partial charge < -0.3 is 10.0 Å². The lowest BCUT2D eigenvalue weighted by molar-refractivity contribution is -0.00345. The maximum Gasteiger partial charge on any atom is 0.131 e. The second-order valence-electron chi connectivity index (χ2n) is 5.15. The average molecular weight is 294 g/mol. The van der Waals surface area contributed by atoms with Crippen LogP contribution >= 0.6 is 11.6 Å². The molecule has 1 saturated heterocycles. The molecule has 2 aromatic rings. The van der Waals surface area contributed by atoms with Gasteiger partial charge in [-0.2, -0.15) is 0 Å². The van der Waals surface area contributed by atoms with Gasteiger partial charge in [0.1, 0.15) is 5.15 Å². The third-order valence-electron chi connectivity index (χ3n) is 3.70. The van der Waals surface area contributed by atoms with Crippen molar-refractivity contribution in [1.29, 1.82) is 0 Å². The first-order chi connectivity index (χ1) is 9.65. The summed E-state index contributed by atoms with van der Waals surface area (Å²) in [5, 5.41) is 18.8. The first-order valence-electron chi connectivity index (χ1n) is 6.58. The smallest absolute Gasteiger partial charge is 0.131 e. The van der Waals surface area contributed by atoms with Crippen LogP contribution in [-0.2, 0) is 6.54 Å². The quantitative estimate of drug-likeness (QED) is 0.866. The number of pyridine rings is 1. The van der Waals surface area contributed by atoms with Gasteiger partial charge in [0.25, 0.3) is 0 Å². The van der Waals surface area contributed by atoms with Crippen LogP contribution in [0.3, 0.4) is 0 Å². The van der Waals surface area contributed by atoms with Crippen LogP contribution in [0.5, 0.6) is 0 Å². The predicted octanol–water partition coefficient (Wildman–Crippen LogP) is 1.36. The molecule has 0 aromatic carbocycles. The molecule has 2 aromatic heterocycles. The number of piperidine rings is 1. The van der Waals surface area contributed by atoms with E-state index in [1.54, 1.807) is 23.3 Å². The largest absolute Gasteiger partial charge is 0.388 e. The minimum atomic E-state index is -0.721. The molecule has 3 heterocycles. The lowest BCUT2D eigenvalue weighted by Gasteiger charge is -2.39. The molecular weight excluding hydrogens is 278 g/mol. The third kappa shape index (κ3) is 2.91. The Hall–Kier alpha value is -1.66. The molecule has 0 spiro atoms. The summed E-state index contributed by atoms with van der Waals surface area (Å²) in [6.07, 6.45) is 6.47. The molecule has 0 amide bonds. The molecule has 3 rings (SSSR count). The van der Waals surface area contributed by atoms with Crippen molar-refractivity contribution in [2.75, 3.05) is 18.0 Å². The standard InChI is InChI=1S/C13H16ClN5O/c14-12-9-11(1-4-15-12)18-6-2-13(20,3-7-18)10-19-8-5-16-17-19/h1,4-5,8-9,20H,2-3,6-7,10H2. The summed E-state index contributed by atoms with van der Waals surface area (Å²) < 4.78 is 1.68. The van der Waals surface area contributed by atoms with E-state index in [1.807, 2.05) is 12.1 Å². The van der Waals surface area contributed by atoms with Gasteiger partial charge in [-0.05, 0) is 25.0 Å². The summed E-state index contributed by atoms with van der Waals surface area (Å²) in [6.45, 7) is 2.05. The van der Waals surface area contributed by atoms with Crippen molar-refractivity contribution in [2.24, 2.45) is 0 Å². The number of anilines is 1. The molecule has 1 N–H and O–H groups in total. The first kappa shape index (κ1) is 13.3. The molecule has 1 aliphatic heterocycles. The van der Waals surface area contributed by atoms with Crippen LogP contribution in [0.25, 0.3) is 0 Å². The lowest BCUT2D eigenvalue weighted by atomic mass is 9.91. The maximum atomic E-state index is 10.6. The van der Waals surface area contributed by atoms with Gasteiger partial charge in [-0.25, -0.2) is 9.67 Å². The number of rotatable bonds is 3. The van der Waals surface area contributed by atoms with Crippen LogP contribution in [0.4, 0.5) is 5.69 Å². The Bertz CT molecular complexity index is 566. The highest BCUT2D eigenvalue weighted by Crippen LogP contribution is 2.28. The zero-order valence-electron chi connectivity index (χ0n) is 11.0. The van der Waals surface area contributed by atoms with Gasteiger partial charge in [0.15, 0.2) is 0 Å². The van der Waals surface area contributed by atoms with Gasteiger partial charge in [0.2, 0.25) is 0 Å². The number of hydrogen-bond donors (Lipinski definition) is 1. The summed E-state index contributed by atoms with van der Waals surface area (Å²) in [5.74, 6) is 0. The molecule has 0 unspecified atom stereocenters. The molecule has 6 nitrogen and oxygen atoms in total. The van der Waals surface area contributed by atoms with Gasteiger partial charge in [0.05, 0.1) is 18.3 Å². The second kappa shape index (κ2) is 5.38. The molecule has 0 atom stereocenters. The van der Waals surface area contributed by atoms with E-state index in [-0.39, 0.29) is 0 Å². The SMILES string of the molecule is OC1(Cn2ccnn2)CCN(c2ccnc(Cl)c2)CC1. The van der Waals surface area contributed by atoms with E-state index >= 15 is 0 Å². The Balaban J connectivity index is 1.64. The maximum absolute atomic E-state index is 10.6. The van der Waals surface area contributed by atoms with E-state index < -0.39 is 5.60 Å². The highest BCUT2D eigenvalue weighted by molar-refractivity contribution is 6.29. The predicted molar refractivity (Wildman–Crippen MR) is 75.7 cm³/mol. The fourth-order valence-corrected chi connectivity index (χ4v) is 2.71. The molecule has 0 saturated carbocycles. The zero-order chi connectivity index (χ0) is 14.0. The van der Waals surface area contributed by atoms with Gasteiger partial charge in [-0.3, -0.25) is 0 Å².